The first-order chi connectivity index (χ1) is 21.2. The molecule has 5 rings (SSSR count). The molecule has 7 nitrogen and oxygen atoms in total. The van der Waals surface area contributed by atoms with Crippen LogP contribution in [0.2, 0.25) is 0 Å². The number of anilines is 2. The highest BCUT2D eigenvalue weighted by molar-refractivity contribution is 6.04. The van der Waals surface area contributed by atoms with Crippen LogP contribution < -0.4 is 15.5 Å². The average molecular weight is 652 g/mol. The lowest BCUT2D eigenvalue weighted by Gasteiger charge is -2.43. The Morgan fingerprint density at radius 2 is 1.57 bits per heavy atom. The van der Waals surface area contributed by atoms with Crippen LogP contribution in [0.1, 0.15) is 48.9 Å². The summed E-state index contributed by atoms with van der Waals surface area (Å²) in [5.41, 5.74) is 1.79. The quantitative estimate of drug-likeness (QED) is 0.329. The molecule has 46 heavy (non-hydrogen) atoms. The van der Waals surface area contributed by atoms with Crippen LogP contribution in [0.15, 0.2) is 48.7 Å². The third-order valence-corrected chi connectivity index (χ3v) is 8.86. The van der Waals surface area contributed by atoms with Crippen LogP contribution in [0.4, 0.5) is 42.2 Å². The summed E-state index contributed by atoms with van der Waals surface area (Å²) in [6.45, 7) is 5.00. The van der Waals surface area contributed by atoms with Gasteiger partial charge < -0.3 is 10.6 Å². The topological polar surface area (TPSA) is 82.8 Å². The number of aromatic nitrogens is 1. The minimum absolute atomic E-state index is 0.00395. The van der Waals surface area contributed by atoms with E-state index in [9.17, 15) is 40.3 Å². The van der Waals surface area contributed by atoms with Crippen LogP contribution in [0, 0.1) is 12.7 Å². The molecule has 0 spiro atoms. The van der Waals surface area contributed by atoms with E-state index in [1.165, 1.54) is 50.2 Å². The first-order valence-corrected chi connectivity index (χ1v) is 14.4. The summed E-state index contributed by atoms with van der Waals surface area (Å²) in [6.07, 6.45) is -7.42. The molecule has 2 saturated heterocycles. The Morgan fingerprint density at radius 3 is 2.15 bits per heavy atom. The number of fused-ring (bicyclic) bond motifs is 1. The number of carbonyl (C=O) groups is 2. The fraction of sp³-hybridized carbons (Fsp3) is 0.406. The maximum Gasteiger partial charge on any atom is 0.416 e. The van der Waals surface area contributed by atoms with Crippen LogP contribution in [-0.2, 0) is 27.4 Å². The minimum Gasteiger partial charge on any atom is -0.313 e. The summed E-state index contributed by atoms with van der Waals surface area (Å²) in [4.78, 5) is 36.1. The highest BCUT2D eigenvalue weighted by atomic mass is 19.4. The van der Waals surface area contributed by atoms with Gasteiger partial charge in [-0.1, -0.05) is 6.07 Å². The number of halogens is 7. The van der Waals surface area contributed by atoms with Gasteiger partial charge in [-0.2, -0.15) is 26.3 Å². The molecule has 2 aliphatic heterocycles. The largest absolute Gasteiger partial charge is 0.416 e. The first kappa shape index (κ1) is 33.3. The smallest absolute Gasteiger partial charge is 0.313 e. The van der Waals surface area contributed by atoms with E-state index < -0.39 is 51.8 Å². The Balaban J connectivity index is 1.60. The van der Waals surface area contributed by atoms with Gasteiger partial charge >= 0.3 is 12.4 Å². The van der Waals surface area contributed by atoms with Crippen molar-refractivity contribution < 1.29 is 40.3 Å². The molecule has 3 heterocycles. The fourth-order valence-corrected chi connectivity index (χ4v) is 6.16. The van der Waals surface area contributed by atoms with E-state index in [1.54, 1.807) is 13.0 Å². The van der Waals surface area contributed by atoms with Crippen LogP contribution in [0.25, 0.3) is 11.1 Å². The van der Waals surface area contributed by atoms with Crippen molar-refractivity contribution in [1.82, 2.24) is 9.88 Å². The number of amides is 2. The molecule has 2 aromatic carbocycles. The lowest BCUT2D eigenvalue weighted by atomic mass is 9.81. The molecule has 14 heteroatoms. The second-order valence-corrected chi connectivity index (χ2v) is 12.4. The molecule has 2 fully saturated rings. The number of hydrogen-bond acceptors (Lipinski definition) is 5. The number of nitrogens with two attached hydrogens (primary N) is 1. The van der Waals surface area contributed by atoms with Crippen molar-refractivity contribution in [2.75, 3.05) is 36.5 Å². The maximum absolute atomic E-state index is 14.1. The number of carbonyl (C=O) groups excluding carboxylic acids is 2. The van der Waals surface area contributed by atoms with Gasteiger partial charge in [0, 0.05) is 19.2 Å². The van der Waals surface area contributed by atoms with Crippen molar-refractivity contribution in [3.05, 3.63) is 76.7 Å². The molecule has 2 N–H and O–H groups in total. The first-order valence-electron chi connectivity index (χ1n) is 14.4. The van der Waals surface area contributed by atoms with Gasteiger partial charge in [0.15, 0.2) is 0 Å². The predicted molar refractivity (Wildman–Crippen MR) is 157 cm³/mol. The number of likely N-dealkylation sites (N-methyl/N-ethyl adjacent to an activating group) is 1. The summed E-state index contributed by atoms with van der Waals surface area (Å²) in [7, 11) is 1.32. The van der Waals surface area contributed by atoms with E-state index in [0.29, 0.717) is 41.8 Å². The van der Waals surface area contributed by atoms with E-state index in [1.807, 2.05) is 4.90 Å². The van der Waals surface area contributed by atoms with Crippen LogP contribution in [0.3, 0.4) is 0 Å². The van der Waals surface area contributed by atoms with E-state index in [0.717, 1.165) is 11.3 Å². The Bertz CT molecular complexity index is 1670. The third kappa shape index (κ3) is 6.07. The molecule has 2 aliphatic rings. The Morgan fingerprint density at radius 1 is 0.957 bits per heavy atom. The van der Waals surface area contributed by atoms with Gasteiger partial charge in [0.25, 0.3) is 0 Å². The lowest BCUT2D eigenvalue weighted by molar-refractivity contribution is -0.143. The highest BCUT2D eigenvalue weighted by Crippen LogP contribution is 2.42. The number of nitrogens with zero attached hydrogens (tertiary/aromatic N) is 4. The number of aryl methyl sites for hydroxylation is 1. The lowest BCUT2D eigenvalue weighted by Crippen LogP contribution is -2.66. The van der Waals surface area contributed by atoms with Crippen molar-refractivity contribution in [2.45, 2.75) is 57.0 Å². The Labute approximate surface area is 260 Å². The number of piperazine rings is 1. The number of rotatable bonds is 5. The number of benzene rings is 2. The standard InChI is InChI=1S/C32H32F7N5O2/c1-18-10-22(33)6-7-23(18)24-14-26(44-17-30(40)8-5-9-43(30)16-27(44)45)41-15-25(24)42(4)28(46)29(2,3)19-11-20(31(34,35)36)13-21(12-19)32(37,38)39/h6-7,10-15H,5,8-9,16-17,40H2,1-4H3. The molecule has 1 atom stereocenters. The van der Waals surface area contributed by atoms with E-state index in [-0.39, 0.29) is 36.6 Å². The number of alkyl halides is 6. The van der Waals surface area contributed by atoms with Crippen molar-refractivity contribution in [3.8, 4) is 11.1 Å². The normalized spacial score (nSPS) is 19.4. The summed E-state index contributed by atoms with van der Waals surface area (Å²) >= 11 is 0. The van der Waals surface area contributed by atoms with Crippen molar-refractivity contribution in [1.29, 1.82) is 0 Å². The minimum atomic E-state index is -5.10. The molecular formula is C32H32F7N5O2. The third-order valence-electron chi connectivity index (χ3n) is 8.86. The van der Waals surface area contributed by atoms with Gasteiger partial charge in [0.2, 0.25) is 11.8 Å². The van der Waals surface area contributed by atoms with E-state index in [2.05, 4.69) is 4.98 Å². The van der Waals surface area contributed by atoms with Gasteiger partial charge in [-0.15, -0.1) is 0 Å². The summed E-state index contributed by atoms with van der Waals surface area (Å²) in [5, 5.41) is 0. The molecule has 3 aromatic rings. The number of hydrogen-bond donors (Lipinski definition) is 1. The fourth-order valence-electron chi connectivity index (χ4n) is 6.16. The van der Waals surface area contributed by atoms with E-state index >= 15 is 0 Å². The zero-order valence-electron chi connectivity index (χ0n) is 25.5. The van der Waals surface area contributed by atoms with Gasteiger partial charge in [-0.25, -0.2) is 9.37 Å². The molecule has 0 bridgehead atoms. The SMILES string of the molecule is Cc1cc(F)ccc1-c1cc(N2CC3(N)CCCN3CC2=O)ncc1N(C)C(=O)C(C)(C)c1cc(C(F)(F)F)cc(C(F)(F)F)c1. The van der Waals surface area contributed by atoms with Crippen molar-refractivity contribution >= 4 is 23.3 Å². The van der Waals surface area contributed by atoms with Gasteiger partial charge in [-0.3, -0.25) is 19.4 Å². The summed E-state index contributed by atoms with van der Waals surface area (Å²) in [6, 6.07) is 6.56. The number of pyridine rings is 1. The van der Waals surface area contributed by atoms with Gasteiger partial charge in [0.05, 0.1) is 47.2 Å². The summed E-state index contributed by atoms with van der Waals surface area (Å²) in [5.74, 6) is -1.39. The van der Waals surface area contributed by atoms with Crippen LogP contribution in [0.5, 0.6) is 0 Å². The Kier molecular flexibility index (Phi) is 8.21. The van der Waals surface area contributed by atoms with Gasteiger partial charge in [-0.05, 0) is 86.7 Å². The molecule has 2 amide bonds. The molecule has 0 aliphatic carbocycles. The molecule has 0 radical (unpaired) electrons. The molecule has 1 unspecified atom stereocenters. The van der Waals surface area contributed by atoms with E-state index in [4.69, 9.17) is 5.73 Å². The zero-order valence-corrected chi connectivity index (χ0v) is 25.5. The summed E-state index contributed by atoms with van der Waals surface area (Å²) < 4.78 is 95.9. The molecular weight excluding hydrogens is 619 g/mol. The second-order valence-electron chi connectivity index (χ2n) is 12.4. The highest BCUT2D eigenvalue weighted by Gasteiger charge is 2.46. The molecule has 1 aromatic heterocycles. The van der Waals surface area contributed by atoms with Gasteiger partial charge in [0.1, 0.15) is 11.6 Å². The second kappa shape index (κ2) is 11.3. The van der Waals surface area contributed by atoms with Crippen LogP contribution >= 0.6 is 0 Å². The zero-order chi connectivity index (χ0) is 34.0. The maximum atomic E-state index is 14.1. The molecule has 0 saturated carbocycles. The van der Waals surface area contributed by atoms with Crippen LogP contribution in [-0.4, -0.2) is 54.0 Å². The molecule has 246 valence electrons. The average Bonchev–Trinajstić information content (AvgIpc) is 3.34. The monoisotopic (exact) mass is 651 g/mol. The predicted octanol–water partition coefficient (Wildman–Crippen LogP) is 6.27. The Hall–Kier alpha value is -4.04. The van der Waals surface area contributed by atoms with Crippen molar-refractivity contribution in [3.63, 3.8) is 0 Å². The van der Waals surface area contributed by atoms with Crippen molar-refractivity contribution in [2.24, 2.45) is 5.73 Å².